The Kier molecular flexibility index (Phi) is 7.25. The molecule has 21 heavy (non-hydrogen) atoms. The Hall–Kier alpha value is -1.01. The molecule has 0 spiro atoms. The first-order valence-corrected chi connectivity index (χ1v) is 7.64. The summed E-state index contributed by atoms with van der Waals surface area (Å²) < 4.78 is 2.14. The summed E-state index contributed by atoms with van der Waals surface area (Å²) in [5.74, 6) is 5.15. The molecule has 0 atom stereocenters. The number of benzene rings is 2. The summed E-state index contributed by atoms with van der Waals surface area (Å²) in [6, 6.07) is 16.0. The van der Waals surface area contributed by atoms with Gasteiger partial charge in [0.1, 0.15) is 0 Å². The first kappa shape index (κ1) is 18.0. The lowest BCUT2D eigenvalue weighted by atomic mass is 10.2. The van der Waals surface area contributed by atoms with Gasteiger partial charge in [0.15, 0.2) is 0 Å². The third-order valence-corrected chi connectivity index (χ3v) is 3.70. The number of rotatable bonds is 1. The van der Waals surface area contributed by atoms with Crippen molar-refractivity contribution in [1.29, 1.82) is 0 Å². The van der Waals surface area contributed by atoms with Crippen LogP contribution in [0.3, 0.4) is 0 Å². The Morgan fingerprint density at radius 2 is 1.71 bits per heavy atom. The van der Waals surface area contributed by atoms with Crippen LogP contribution in [0.25, 0.3) is 10.9 Å². The van der Waals surface area contributed by atoms with Gasteiger partial charge in [-0.15, -0.1) is 12.4 Å². The van der Waals surface area contributed by atoms with Crippen molar-refractivity contribution in [2.24, 2.45) is 5.84 Å². The van der Waals surface area contributed by atoms with Gasteiger partial charge in [0.05, 0.1) is 0 Å². The number of nitrogens with two attached hydrogens (primary N) is 1. The highest BCUT2D eigenvalue weighted by atomic mass is 79.9. The highest BCUT2D eigenvalue weighted by molar-refractivity contribution is 9.10. The lowest BCUT2D eigenvalue weighted by molar-refractivity contribution is 1.30. The summed E-state index contributed by atoms with van der Waals surface area (Å²) in [4.78, 5) is 3.27. The Morgan fingerprint density at radius 1 is 1.00 bits per heavy atom. The minimum atomic E-state index is 0. The predicted molar refractivity (Wildman–Crippen MR) is 99.9 cm³/mol. The Morgan fingerprint density at radius 3 is 2.33 bits per heavy atom. The van der Waals surface area contributed by atoms with Gasteiger partial charge < -0.3 is 10.4 Å². The molecule has 3 aromatic rings. The topological polar surface area (TPSA) is 53.8 Å². The lowest BCUT2D eigenvalue weighted by Crippen LogP contribution is -2.05. The Balaban J connectivity index is 0.000000205. The minimum absolute atomic E-state index is 0. The molecule has 0 aliphatic rings. The fraction of sp³-hybridized carbons (Fsp3) is 0.0667. The van der Waals surface area contributed by atoms with E-state index in [1.165, 1.54) is 16.6 Å². The molecule has 0 saturated carbocycles. The van der Waals surface area contributed by atoms with Crippen molar-refractivity contribution in [3.8, 4) is 0 Å². The molecule has 3 rings (SSSR count). The predicted octanol–water partition coefficient (Wildman–Crippen LogP) is 5.40. The van der Waals surface area contributed by atoms with Crippen LogP contribution in [0.2, 0.25) is 0 Å². The number of anilines is 1. The Labute approximate surface area is 146 Å². The molecule has 4 N–H and O–H groups in total. The maximum absolute atomic E-state index is 5.15. The molecule has 2 aromatic carbocycles. The van der Waals surface area contributed by atoms with Crippen molar-refractivity contribution in [1.82, 2.24) is 4.98 Å². The van der Waals surface area contributed by atoms with Crippen molar-refractivity contribution in [3.63, 3.8) is 0 Å². The fourth-order valence-electron chi connectivity index (χ4n) is 1.82. The monoisotopic (exact) mass is 431 g/mol. The molecule has 1 aromatic heterocycles. The summed E-state index contributed by atoms with van der Waals surface area (Å²) in [5.41, 5.74) is 5.84. The quantitative estimate of drug-likeness (QED) is 0.356. The highest BCUT2D eigenvalue weighted by Gasteiger charge is 1.96. The largest absolute Gasteiger partial charge is 0.359 e. The van der Waals surface area contributed by atoms with E-state index in [1.54, 1.807) is 0 Å². The molecule has 0 bridgehead atoms. The highest BCUT2D eigenvalue weighted by Crippen LogP contribution is 2.19. The van der Waals surface area contributed by atoms with Crippen LogP contribution < -0.4 is 11.3 Å². The Bertz CT molecular complexity index is 713. The van der Waals surface area contributed by atoms with Crippen molar-refractivity contribution in [2.45, 2.75) is 6.92 Å². The third kappa shape index (κ3) is 5.36. The van der Waals surface area contributed by atoms with E-state index in [2.05, 4.69) is 73.5 Å². The molecule has 0 amide bonds. The van der Waals surface area contributed by atoms with Gasteiger partial charge in [-0.25, -0.2) is 0 Å². The second-order valence-electron chi connectivity index (χ2n) is 4.34. The number of hydrogen-bond donors (Lipinski definition) is 3. The van der Waals surface area contributed by atoms with Crippen LogP contribution in [0.15, 0.2) is 57.5 Å². The minimum Gasteiger partial charge on any atom is -0.359 e. The third-order valence-electron chi connectivity index (χ3n) is 2.71. The van der Waals surface area contributed by atoms with Gasteiger partial charge in [-0.3, -0.25) is 5.84 Å². The maximum Gasteiger partial charge on any atom is 0.0496 e. The van der Waals surface area contributed by atoms with E-state index in [0.29, 0.717) is 0 Å². The molecule has 0 saturated heterocycles. The average molecular weight is 434 g/mol. The van der Waals surface area contributed by atoms with Crippen LogP contribution in [0.5, 0.6) is 0 Å². The van der Waals surface area contributed by atoms with Gasteiger partial charge >= 0.3 is 0 Å². The number of hydrogen-bond acceptors (Lipinski definition) is 2. The number of aromatic nitrogens is 1. The number of nitrogen functional groups attached to an aromatic ring is 1. The smallest absolute Gasteiger partial charge is 0.0496 e. The van der Waals surface area contributed by atoms with Crippen molar-refractivity contribution < 1.29 is 0 Å². The molecule has 1 heterocycles. The molecule has 6 heteroatoms. The van der Waals surface area contributed by atoms with Crippen LogP contribution in [0, 0.1) is 6.92 Å². The van der Waals surface area contributed by atoms with E-state index in [1.807, 2.05) is 24.3 Å². The van der Waals surface area contributed by atoms with Crippen molar-refractivity contribution in [2.75, 3.05) is 5.43 Å². The van der Waals surface area contributed by atoms with Crippen LogP contribution in [0.1, 0.15) is 5.69 Å². The lowest BCUT2D eigenvalue weighted by Gasteiger charge is -1.97. The van der Waals surface area contributed by atoms with Gasteiger partial charge in [-0.05, 0) is 48.7 Å². The zero-order valence-corrected chi connectivity index (χ0v) is 15.3. The zero-order valence-electron chi connectivity index (χ0n) is 11.4. The van der Waals surface area contributed by atoms with E-state index >= 15 is 0 Å². The maximum atomic E-state index is 5.15. The summed E-state index contributed by atoms with van der Waals surface area (Å²) >= 11 is 6.73. The van der Waals surface area contributed by atoms with Crippen LogP contribution in [-0.2, 0) is 0 Å². The second-order valence-corrected chi connectivity index (χ2v) is 6.17. The average Bonchev–Trinajstić information content (AvgIpc) is 2.78. The normalized spacial score (nSPS) is 9.52. The summed E-state index contributed by atoms with van der Waals surface area (Å²) in [7, 11) is 0. The fourth-order valence-corrected chi connectivity index (χ4v) is 2.58. The van der Waals surface area contributed by atoms with Gasteiger partial charge in [0.25, 0.3) is 0 Å². The SMILES string of the molecule is Cc1cc2ccc(Br)cc2[nH]1.Cl.NNc1cccc(Br)c1. The summed E-state index contributed by atoms with van der Waals surface area (Å²) in [6.45, 7) is 2.06. The molecule has 0 radical (unpaired) electrons. The summed E-state index contributed by atoms with van der Waals surface area (Å²) in [6.07, 6.45) is 0. The molecule has 0 aliphatic carbocycles. The van der Waals surface area contributed by atoms with E-state index in [0.717, 1.165) is 14.6 Å². The second kappa shape index (κ2) is 8.44. The molecular formula is C15H16Br2ClN3. The van der Waals surface area contributed by atoms with Crippen molar-refractivity contribution in [3.05, 3.63) is 63.2 Å². The van der Waals surface area contributed by atoms with E-state index in [-0.39, 0.29) is 12.4 Å². The van der Waals surface area contributed by atoms with Crippen LogP contribution in [-0.4, -0.2) is 4.98 Å². The van der Waals surface area contributed by atoms with Gasteiger partial charge in [0, 0.05) is 25.8 Å². The first-order valence-electron chi connectivity index (χ1n) is 6.05. The number of nitrogens with one attached hydrogen (secondary N) is 2. The first-order chi connectivity index (χ1) is 9.58. The van der Waals surface area contributed by atoms with E-state index in [4.69, 9.17) is 5.84 Å². The van der Waals surface area contributed by atoms with Gasteiger partial charge in [-0.2, -0.15) is 0 Å². The number of hydrazine groups is 1. The number of aryl methyl sites for hydroxylation is 1. The molecular weight excluding hydrogens is 417 g/mol. The number of aromatic amines is 1. The van der Waals surface area contributed by atoms with Crippen molar-refractivity contribution >= 4 is 60.9 Å². The van der Waals surface area contributed by atoms with E-state index in [9.17, 15) is 0 Å². The molecule has 0 unspecified atom stereocenters. The number of H-pyrrole nitrogens is 1. The van der Waals surface area contributed by atoms with Gasteiger partial charge in [0.2, 0.25) is 0 Å². The molecule has 3 nitrogen and oxygen atoms in total. The van der Waals surface area contributed by atoms with Crippen LogP contribution >= 0.6 is 44.3 Å². The standard InChI is InChI=1S/C9H8BrN.C6H7BrN2.ClH/c1-6-4-7-2-3-8(10)5-9(7)11-6;7-5-2-1-3-6(4-5)9-8;/h2-5,11H,1H3;1-4,9H,8H2;1H. The molecule has 0 fully saturated rings. The molecule has 0 aliphatic heterocycles. The van der Waals surface area contributed by atoms with Crippen LogP contribution in [0.4, 0.5) is 5.69 Å². The summed E-state index contributed by atoms with van der Waals surface area (Å²) in [5, 5.41) is 1.27. The zero-order chi connectivity index (χ0) is 14.5. The van der Waals surface area contributed by atoms with Gasteiger partial charge in [-0.1, -0.05) is 44.0 Å². The molecule has 112 valence electrons. The van der Waals surface area contributed by atoms with E-state index < -0.39 is 0 Å². The number of halogens is 3. The number of fused-ring (bicyclic) bond motifs is 1.